The van der Waals surface area contributed by atoms with Crippen LogP contribution in [-0.2, 0) is 9.59 Å². The lowest BCUT2D eigenvalue weighted by Crippen LogP contribution is -2.49. The van der Waals surface area contributed by atoms with Gasteiger partial charge in [-0.1, -0.05) is 17.7 Å². The molecule has 0 saturated carbocycles. The van der Waals surface area contributed by atoms with Gasteiger partial charge < -0.3 is 19.9 Å². The van der Waals surface area contributed by atoms with E-state index in [4.69, 9.17) is 4.74 Å². The van der Waals surface area contributed by atoms with Crippen LogP contribution in [0.5, 0.6) is 5.75 Å². The largest absolute Gasteiger partial charge is 0.497 e. The molecule has 142 valence electrons. The normalized spacial score (nSPS) is 14.0. The molecule has 0 bridgehead atoms. The van der Waals surface area contributed by atoms with Gasteiger partial charge in [0.25, 0.3) is 0 Å². The Hall–Kier alpha value is -3.02. The van der Waals surface area contributed by atoms with E-state index in [0.29, 0.717) is 18.8 Å². The standard InChI is InChI=1S/C21H25N3O3/c1-16-3-5-17(6-4-16)22-20(25)15-21(26)24-13-11-23(12-14-24)18-7-9-19(27-2)10-8-18/h3-10H,11-15H2,1-2H3,(H,22,25). The Morgan fingerprint density at radius 2 is 1.59 bits per heavy atom. The molecule has 1 aliphatic rings. The molecule has 27 heavy (non-hydrogen) atoms. The third kappa shape index (κ3) is 5.00. The summed E-state index contributed by atoms with van der Waals surface area (Å²) in [6.07, 6.45) is -0.129. The van der Waals surface area contributed by atoms with Crippen LogP contribution < -0.4 is 15.0 Å². The fourth-order valence-corrected chi connectivity index (χ4v) is 3.10. The zero-order valence-corrected chi connectivity index (χ0v) is 15.8. The van der Waals surface area contributed by atoms with Crippen molar-refractivity contribution in [2.75, 3.05) is 43.5 Å². The Kier molecular flexibility index (Phi) is 5.96. The first kappa shape index (κ1) is 18.8. The summed E-state index contributed by atoms with van der Waals surface area (Å²) in [6.45, 7) is 4.71. The van der Waals surface area contributed by atoms with E-state index < -0.39 is 0 Å². The van der Waals surface area contributed by atoms with Crippen molar-refractivity contribution in [1.29, 1.82) is 0 Å². The van der Waals surface area contributed by atoms with Gasteiger partial charge in [-0.3, -0.25) is 9.59 Å². The van der Waals surface area contributed by atoms with Crippen LogP contribution >= 0.6 is 0 Å². The highest BCUT2D eigenvalue weighted by atomic mass is 16.5. The lowest BCUT2D eigenvalue weighted by molar-refractivity contribution is -0.134. The van der Waals surface area contributed by atoms with E-state index in [2.05, 4.69) is 10.2 Å². The number of piperazine rings is 1. The molecule has 2 aromatic rings. The smallest absolute Gasteiger partial charge is 0.233 e. The highest BCUT2D eigenvalue weighted by Crippen LogP contribution is 2.20. The quantitative estimate of drug-likeness (QED) is 0.826. The molecule has 1 aliphatic heterocycles. The maximum Gasteiger partial charge on any atom is 0.233 e. The van der Waals surface area contributed by atoms with Gasteiger partial charge in [0, 0.05) is 37.6 Å². The molecule has 1 fully saturated rings. The molecule has 2 aromatic carbocycles. The molecule has 0 unspecified atom stereocenters. The topological polar surface area (TPSA) is 61.9 Å². The predicted molar refractivity (Wildman–Crippen MR) is 106 cm³/mol. The fourth-order valence-electron chi connectivity index (χ4n) is 3.10. The molecule has 0 radical (unpaired) electrons. The molecule has 6 heteroatoms. The Balaban J connectivity index is 1.47. The van der Waals surface area contributed by atoms with Crippen molar-refractivity contribution in [2.45, 2.75) is 13.3 Å². The molecular formula is C21H25N3O3. The molecule has 0 atom stereocenters. The number of ether oxygens (including phenoxy) is 1. The first-order valence-electron chi connectivity index (χ1n) is 9.08. The van der Waals surface area contributed by atoms with Crippen molar-refractivity contribution in [2.24, 2.45) is 0 Å². The van der Waals surface area contributed by atoms with Crippen LogP contribution in [0.2, 0.25) is 0 Å². The number of hydrogen-bond acceptors (Lipinski definition) is 4. The van der Waals surface area contributed by atoms with Crippen LogP contribution in [0, 0.1) is 6.92 Å². The zero-order chi connectivity index (χ0) is 19.2. The maximum atomic E-state index is 12.4. The van der Waals surface area contributed by atoms with Crippen molar-refractivity contribution in [3.63, 3.8) is 0 Å². The molecule has 2 amide bonds. The van der Waals surface area contributed by atoms with Crippen LogP contribution in [0.15, 0.2) is 48.5 Å². The molecule has 0 aliphatic carbocycles. The van der Waals surface area contributed by atoms with Crippen LogP contribution in [-0.4, -0.2) is 50.0 Å². The summed E-state index contributed by atoms with van der Waals surface area (Å²) in [5.74, 6) is 0.419. The summed E-state index contributed by atoms with van der Waals surface area (Å²) in [4.78, 5) is 28.5. The molecule has 0 aromatic heterocycles. The number of carbonyl (C=O) groups is 2. The number of anilines is 2. The average molecular weight is 367 g/mol. The van der Waals surface area contributed by atoms with E-state index in [1.807, 2.05) is 55.5 Å². The van der Waals surface area contributed by atoms with Gasteiger partial charge in [-0.25, -0.2) is 0 Å². The first-order valence-corrected chi connectivity index (χ1v) is 9.08. The molecule has 1 N–H and O–H groups in total. The Morgan fingerprint density at radius 1 is 0.963 bits per heavy atom. The van der Waals surface area contributed by atoms with Gasteiger partial charge in [-0.2, -0.15) is 0 Å². The van der Waals surface area contributed by atoms with E-state index >= 15 is 0 Å². The van der Waals surface area contributed by atoms with E-state index in [1.54, 1.807) is 12.0 Å². The summed E-state index contributed by atoms with van der Waals surface area (Å²) >= 11 is 0. The second-order valence-electron chi connectivity index (χ2n) is 6.66. The summed E-state index contributed by atoms with van der Waals surface area (Å²) in [6, 6.07) is 15.4. The van der Waals surface area contributed by atoms with Crippen molar-refractivity contribution in [3.05, 3.63) is 54.1 Å². The number of rotatable bonds is 5. The zero-order valence-electron chi connectivity index (χ0n) is 15.8. The molecule has 6 nitrogen and oxygen atoms in total. The van der Waals surface area contributed by atoms with Gasteiger partial charge in [0.05, 0.1) is 7.11 Å². The van der Waals surface area contributed by atoms with Crippen LogP contribution in [0.4, 0.5) is 11.4 Å². The number of nitrogens with one attached hydrogen (secondary N) is 1. The minimum Gasteiger partial charge on any atom is -0.497 e. The van der Waals surface area contributed by atoms with Gasteiger partial charge in [0.15, 0.2) is 0 Å². The van der Waals surface area contributed by atoms with Crippen LogP contribution in [0.25, 0.3) is 0 Å². The molecule has 0 spiro atoms. The number of carbonyl (C=O) groups excluding carboxylic acids is 2. The first-order chi connectivity index (χ1) is 13.0. The highest BCUT2D eigenvalue weighted by molar-refractivity contribution is 6.03. The minimum absolute atomic E-state index is 0.129. The summed E-state index contributed by atoms with van der Waals surface area (Å²) in [7, 11) is 1.65. The van der Waals surface area contributed by atoms with E-state index in [1.165, 1.54) is 0 Å². The summed E-state index contributed by atoms with van der Waals surface area (Å²) < 4.78 is 5.18. The summed E-state index contributed by atoms with van der Waals surface area (Å²) in [5, 5.41) is 2.78. The van der Waals surface area contributed by atoms with Gasteiger partial charge in [0.2, 0.25) is 11.8 Å². The van der Waals surface area contributed by atoms with Crippen LogP contribution in [0.3, 0.4) is 0 Å². The van der Waals surface area contributed by atoms with E-state index in [0.717, 1.165) is 30.1 Å². The lowest BCUT2D eigenvalue weighted by atomic mass is 10.2. The van der Waals surface area contributed by atoms with Gasteiger partial charge in [0.1, 0.15) is 12.2 Å². The van der Waals surface area contributed by atoms with E-state index in [-0.39, 0.29) is 18.2 Å². The number of amides is 2. The third-order valence-corrected chi connectivity index (χ3v) is 4.72. The van der Waals surface area contributed by atoms with Crippen molar-refractivity contribution >= 4 is 23.2 Å². The summed E-state index contributed by atoms with van der Waals surface area (Å²) in [5.41, 5.74) is 2.95. The highest BCUT2D eigenvalue weighted by Gasteiger charge is 2.23. The predicted octanol–water partition coefficient (Wildman–Crippen LogP) is 2.68. The molecule has 1 heterocycles. The average Bonchev–Trinajstić information content (AvgIpc) is 2.70. The third-order valence-electron chi connectivity index (χ3n) is 4.72. The second-order valence-corrected chi connectivity index (χ2v) is 6.66. The lowest BCUT2D eigenvalue weighted by Gasteiger charge is -2.36. The van der Waals surface area contributed by atoms with Gasteiger partial charge >= 0.3 is 0 Å². The van der Waals surface area contributed by atoms with Gasteiger partial charge in [-0.05, 0) is 43.3 Å². The SMILES string of the molecule is COc1ccc(N2CCN(C(=O)CC(=O)Nc3ccc(C)cc3)CC2)cc1. The van der Waals surface area contributed by atoms with Gasteiger partial charge in [-0.15, -0.1) is 0 Å². The van der Waals surface area contributed by atoms with Crippen LogP contribution in [0.1, 0.15) is 12.0 Å². The van der Waals surface area contributed by atoms with Crippen molar-refractivity contribution in [1.82, 2.24) is 4.90 Å². The maximum absolute atomic E-state index is 12.4. The molecule has 1 saturated heterocycles. The molecule has 3 rings (SSSR count). The van der Waals surface area contributed by atoms with Crippen molar-refractivity contribution < 1.29 is 14.3 Å². The number of hydrogen-bond donors (Lipinski definition) is 1. The second kappa shape index (κ2) is 8.58. The number of nitrogens with zero attached hydrogens (tertiary/aromatic N) is 2. The Morgan fingerprint density at radius 3 is 2.19 bits per heavy atom. The fraction of sp³-hybridized carbons (Fsp3) is 0.333. The number of aryl methyl sites for hydroxylation is 1. The monoisotopic (exact) mass is 367 g/mol. The minimum atomic E-state index is -0.276. The Bertz CT molecular complexity index is 779. The molecular weight excluding hydrogens is 342 g/mol. The number of benzene rings is 2. The van der Waals surface area contributed by atoms with E-state index in [9.17, 15) is 9.59 Å². The van der Waals surface area contributed by atoms with Crippen molar-refractivity contribution in [3.8, 4) is 5.75 Å². The Labute approximate surface area is 159 Å². The number of methoxy groups -OCH3 is 1.